The number of benzene rings is 1. The first kappa shape index (κ1) is 12.1. The Bertz CT molecular complexity index is 691. The van der Waals surface area contributed by atoms with Crippen molar-refractivity contribution in [1.29, 1.82) is 0 Å². The van der Waals surface area contributed by atoms with E-state index in [0.29, 0.717) is 5.82 Å². The van der Waals surface area contributed by atoms with Crippen molar-refractivity contribution in [2.24, 2.45) is 0 Å². The van der Waals surface area contributed by atoms with Crippen LogP contribution in [-0.2, 0) is 0 Å². The molecule has 1 amide bonds. The highest BCUT2D eigenvalue weighted by molar-refractivity contribution is 6.01. The fourth-order valence-electron chi connectivity index (χ4n) is 1.86. The van der Waals surface area contributed by atoms with Crippen LogP contribution >= 0.6 is 0 Å². The smallest absolute Gasteiger partial charge is 0.291 e. The number of imidazole rings is 1. The molecule has 0 spiro atoms. The van der Waals surface area contributed by atoms with Crippen molar-refractivity contribution in [2.45, 2.75) is 0 Å². The van der Waals surface area contributed by atoms with E-state index in [-0.39, 0.29) is 5.91 Å². The molecule has 2 N–H and O–H groups in total. The normalized spacial score (nSPS) is 10.2. The largest absolute Gasteiger partial charge is 0.341 e. The van der Waals surface area contributed by atoms with Crippen LogP contribution in [0.5, 0.6) is 0 Å². The van der Waals surface area contributed by atoms with Crippen molar-refractivity contribution in [1.82, 2.24) is 15.0 Å². The van der Waals surface area contributed by atoms with Crippen molar-refractivity contribution in [3.8, 4) is 11.1 Å². The van der Waals surface area contributed by atoms with Gasteiger partial charge in [-0.15, -0.1) is 0 Å². The molecule has 20 heavy (non-hydrogen) atoms. The van der Waals surface area contributed by atoms with Gasteiger partial charge in [-0.1, -0.05) is 18.2 Å². The van der Waals surface area contributed by atoms with Crippen LogP contribution in [-0.4, -0.2) is 20.9 Å². The number of rotatable bonds is 3. The molecule has 5 heteroatoms. The quantitative estimate of drug-likeness (QED) is 0.764. The molecule has 0 aliphatic carbocycles. The van der Waals surface area contributed by atoms with Gasteiger partial charge in [-0.05, 0) is 29.3 Å². The number of aromatic nitrogens is 3. The third-order valence-electron chi connectivity index (χ3n) is 2.85. The highest BCUT2D eigenvalue weighted by Gasteiger charge is 2.07. The molecule has 0 atom stereocenters. The predicted molar refractivity (Wildman–Crippen MR) is 76.2 cm³/mol. The SMILES string of the molecule is O=C(Nc1ccc(-c2cccnc2)cc1)c1ncc[nH]1. The molecule has 0 aliphatic rings. The second kappa shape index (κ2) is 5.36. The molecule has 5 nitrogen and oxygen atoms in total. The van der Waals surface area contributed by atoms with Crippen molar-refractivity contribution >= 4 is 11.6 Å². The highest BCUT2D eigenvalue weighted by atomic mass is 16.2. The number of carbonyl (C=O) groups excluding carboxylic acids is 1. The maximum absolute atomic E-state index is 11.8. The molecule has 0 saturated heterocycles. The average Bonchev–Trinajstić information content (AvgIpc) is 3.03. The zero-order valence-electron chi connectivity index (χ0n) is 10.6. The van der Waals surface area contributed by atoms with E-state index in [0.717, 1.165) is 16.8 Å². The molecule has 0 aliphatic heterocycles. The van der Waals surface area contributed by atoms with Gasteiger partial charge in [0.1, 0.15) is 0 Å². The Hall–Kier alpha value is -2.95. The summed E-state index contributed by atoms with van der Waals surface area (Å²) in [5, 5.41) is 2.77. The Labute approximate surface area is 115 Å². The molecule has 2 heterocycles. The molecule has 0 bridgehead atoms. The molecule has 2 aromatic heterocycles. The number of aromatic amines is 1. The zero-order valence-corrected chi connectivity index (χ0v) is 10.6. The van der Waals surface area contributed by atoms with Crippen LogP contribution in [0, 0.1) is 0 Å². The molecule has 3 aromatic rings. The van der Waals surface area contributed by atoms with Crippen molar-refractivity contribution in [3.63, 3.8) is 0 Å². The van der Waals surface area contributed by atoms with Crippen LogP contribution in [0.3, 0.4) is 0 Å². The maximum atomic E-state index is 11.8. The summed E-state index contributed by atoms with van der Waals surface area (Å²) >= 11 is 0. The van der Waals surface area contributed by atoms with Gasteiger partial charge in [-0.3, -0.25) is 9.78 Å². The summed E-state index contributed by atoms with van der Waals surface area (Å²) in [4.78, 5) is 22.6. The van der Waals surface area contributed by atoms with Gasteiger partial charge in [-0.25, -0.2) is 4.98 Å². The Balaban J connectivity index is 1.75. The van der Waals surface area contributed by atoms with E-state index in [1.807, 2.05) is 36.4 Å². The molecular formula is C15H12N4O. The van der Waals surface area contributed by atoms with Gasteiger partial charge in [0, 0.05) is 30.5 Å². The Morgan fingerprint density at radius 2 is 1.90 bits per heavy atom. The van der Waals surface area contributed by atoms with Crippen molar-refractivity contribution < 1.29 is 4.79 Å². The van der Waals surface area contributed by atoms with Gasteiger partial charge in [-0.2, -0.15) is 0 Å². The third-order valence-corrected chi connectivity index (χ3v) is 2.85. The number of nitrogens with one attached hydrogen (secondary N) is 2. The van der Waals surface area contributed by atoms with Crippen LogP contribution in [0.4, 0.5) is 5.69 Å². The van der Waals surface area contributed by atoms with E-state index in [9.17, 15) is 4.79 Å². The molecule has 0 saturated carbocycles. The van der Waals surface area contributed by atoms with Crippen LogP contribution in [0.1, 0.15) is 10.6 Å². The van der Waals surface area contributed by atoms with E-state index in [1.165, 1.54) is 0 Å². The monoisotopic (exact) mass is 264 g/mol. The van der Waals surface area contributed by atoms with Gasteiger partial charge in [0.2, 0.25) is 0 Å². The zero-order chi connectivity index (χ0) is 13.8. The lowest BCUT2D eigenvalue weighted by Gasteiger charge is -2.05. The van der Waals surface area contributed by atoms with Crippen molar-refractivity contribution in [3.05, 3.63) is 67.0 Å². The average molecular weight is 264 g/mol. The number of carbonyl (C=O) groups is 1. The summed E-state index contributed by atoms with van der Waals surface area (Å²) in [6.45, 7) is 0. The molecule has 0 fully saturated rings. The fourth-order valence-corrected chi connectivity index (χ4v) is 1.86. The Morgan fingerprint density at radius 1 is 1.05 bits per heavy atom. The first-order valence-electron chi connectivity index (χ1n) is 6.14. The standard InChI is InChI=1S/C15H12N4O/c20-15(14-17-8-9-18-14)19-13-5-3-11(4-6-13)12-2-1-7-16-10-12/h1-10H,(H,17,18)(H,19,20). The van der Waals surface area contributed by atoms with Gasteiger partial charge in [0.25, 0.3) is 5.91 Å². The Morgan fingerprint density at radius 3 is 2.55 bits per heavy atom. The maximum Gasteiger partial charge on any atom is 0.291 e. The number of hydrogen-bond acceptors (Lipinski definition) is 3. The lowest BCUT2D eigenvalue weighted by atomic mass is 10.1. The Kier molecular flexibility index (Phi) is 3.24. The van der Waals surface area contributed by atoms with Gasteiger partial charge < -0.3 is 10.3 Å². The first-order chi connectivity index (χ1) is 9.83. The summed E-state index contributed by atoms with van der Waals surface area (Å²) in [7, 11) is 0. The summed E-state index contributed by atoms with van der Waals surface area (Å²) in [5.74, 6) is 0.0328. The number of pyridine rings is 1. The number of nitrogens with zero attached hydrogens (tertiary/aromatic N) is 2. The van der Waals surface area contributed by atoms with Crippen molar-refractivity contribution in [2.75, 3.05) is 5.32 Å². The van der Waals surface area contributed by atoms with E-state index in [1.54, 1.807) is 24.8 Å². The minimum atomic E-state index is -0.260. The van der Waals surface area contributed by atoms with Gasteiger partial charge in [0.05, 0.1) is 0 Å². The van der Waals surface area contributed by atoms with E-state index in [4.69, 9.17) is 0 Å². The predicted octanol–water partition coefficient (Wildman–Crippen LogP) is 2.72. The van der Waals surface area contributed by atoms with E-state index in [2.05, 4.69) is 20.3 Å². The van der Waals surface area contributed by atoms with Crippen LogP contribution in [0.25, 0.3) is 11.1 Å². The molecule has 98 valence electrons. The van der Waals surface area contributed by atoms with Gasteiger partial charge in [0.15, 0.2) is 5.82 Å². The lowest BCUT2D eigenvalue weighted by Crippen LogP contribution is -2.13. The third kappa shape index (κ3) is 2.56. The summed E-state index contributed by atoms with van der Waals surface area (Å²) in [6.07, 6.45) is 6.69. The van der Waals surface area contributed by atoms with Crippen LogP contribution < -0.4 is 5.32 Å². The second-order valence-corrected chi connectivity index (χ2v) is 4.21. The summed E-state index contributed by atoms with van der Waals surface area (Å²) in [6, 6.07) is 11.5. The van der Waals surface area contributed by atoms with Crippen LogP contribution in [0.15, 0.2) is 61.2 Å². The highest BCUT2D eigenvalue weighted by Crippen LogP contribution is 2.20. The minimum absolute atomic E-state index is 0.260. The number of amides is 1. The van der Waals surface area contributed by atoms with E-state index >= 15 is 0 Å². The van der Waals surface area contributed by atoms with Gasteiger partial charge >= 0.3 is 0 Å². The molecule has 1 aromatic carbocycles. The summed E-state index contributed by atoms with van der Waals surface area (Å²) < 4.78 is 0. The molecule has 0 radical (unpaired) electrons. The van der Waals surface area contributed by atoms with Crippen LogP contribution in [0.2, 0.25) is 0 Å². The molecule has 0 unspecified atom stereocenters. The number of hydrogen-bond donors (Lipinski definition) is 2. The fraction of sp³-hybridized carbons (Fsp3) is 0. The second-order valence-electron chi connectivity index (χ2n) is 4.21. The minimum Gasteiger partial charge on any atom is -0.341 e. The molecular weight excluding hydrogens is 252 g/mol. The lowest BCUT2D eigenvalue weighted by molar-refractivity contribution is 0.101. The number of H-pyrrole nitrogens is 1. The van der Waals surface area contributed by atoms with E-state index < -0.39 is 0 Å². The topological polar surface area (TPSA) is 70.7 Å². The molecule has 3 rings (SSSR count). The number of anilines is 1. The summed E-state index contributed by atoms with van der Waals surface area (Å²) in [5.41, 5.74) is 2.81. The first-order valence-corrected chi connectivity index (χ1v) is 6.14.